The van der Waals surface area contributed by atoms with Crippen molar-refractivity contribution in [1.29, 1.82) is 0 Å². The van der Waals surface area contributed by atoms with Gasteiger partial charge in [0, 0.05) is 7.05 Å². The Balaban J connectivity index is 2.20. The van der Waals surface area contributed by atoms with Crippen LogP contribution >= 0.6 is 0 Å². The Bertz CT molecular complexity index is 455. The van der Waals surface area contributed by atoms with Crippen molar-refractivity contribution in [2.45, 2.75) is 12.5 Å². The largest absolute Gasteiger partial charge is 0.393 e. The molecule has 5 heteroatoms. The van der Waals surface area contributed by atoms with Gasteiger partial charge in [-0.1, -0.05) is 12.2 Å². The van der Waals surface area contributed by atoms with Crippen molar-refractivity contribution in [1.82, 2.24) is 4.90 Å². The van der Waals surface area contributed by atoms with E-state index in [1.807, 2.05) is 6.08 Å². The standard InChI is InChI=1S/C11H11NO4/c1-11-4-3-5(8(13)12(11)2)6-7(11)10(15)16-9(6)14/h3-7H,1-2H3/t5-,6+,7+,11+/m0/s1. The van der Waals surface area contributed by atoms with Gasteiger partial charge < -0.3 is 9.64 Å². The number of carbonyl (C=O) groups excluding carboxylic acids is 3. The highest BCUT2D eigenvalue weighted by Crippen LogP contribution is 2.49. The third-order valence-corrected chi connectivity index (χ3v) is 4.08. The third kappa shape index (κ3) is 0.809. The van der Waals surface area contributed by atoms with Gasteiger partial charge in [0.05, 0.1) is 23.3 Å². The number of hydrogen-bond acceptors (Lipinski definition) is 4. The topological polar surface area (TPSA) is 63.7 Å². The molecule has 1 amide bonds. The molecule has 16 heavy (non-hydrogen) atoms. The fourth-order valence-electron chi connectivity index (χ4n) is 3.01. The van der Waals surface area contributed by atoms with Gasteiger partial charge in [-0.3, -0.25) is 14.4 Å². The Hall–Kier alpha value is -1.65. The van der Waals surface area contributed by atoms with Crippen LogP contribution in [-0.2, 0) is 19.1 Å². The Labute approximate surface area is 92.0 Å². The molecule has 5 nitrogen and oxygen atoms in total. The van der Waals surface area contributed by atoms with Gasteiger partial charge in [0.15, 0.2) is 0 Å². The Morgan fingerprint density at radius 1 is 1.31 bits per heavy atom. The second-order valence-corrected chi connectivity index (χ2v) is 4.75. The smallest absolute Gasteiger partial charge is 0.320 e. The van der Waals surface area contributed by atoms with Gasteiger partial charge >= 0.3 is 11.9 Å². The van der Waals surface area contributed by atoms with Crippen LogP contribution in [0.5, 0.6) is 0 Å². The number of carbonyl (C=O) groups is 3. The average Bonchev–Trinajstić information content (AvgIpc) is 2.53. The van der Waals surface area contributed by atoms with Gasteiger partial charge in [0.2, 0.25) is 5.91 Å². The van der Waals surface area contributed by atoms with Crippen LogP contribution in [0.4, 0.5) is 0 Å². The highest BCUT2D eigenvalue weighted by atomic mass is 16.6. The monoisotopic (exact) mass is 221 g/mol. The number of hydrogen-bond donors (Lipinski definition) is 0. The molecule has 2 bridgehead atoms. The molecule has 0 aromatic heterocycles. The maximum absolute atomic E-state index is 11.9. The van der Waals surface area contributed by atoms with Gasteiger partial charge in [-0.05, 0) is 6.92 Å². The number of rotatable bonds is 0. The van der Waals surface area contributed by atoms with Crippen LogP contribution in [0.25, 0.3) is 0 Å². The highest BCUT2D eigenvalue weighted by molar-refractivity contribution is 6.03. The van der Waals surface area contributed by atoms with Crippen molar-refractivity contribution in [3.05, 3.63) is 12.2 Å². The third-order valence-electron chi connectivity index (χ3n) is 4.08. The zero-order valence-electron chi connectivity index (χ0n) is 8.97. The lowest BCUT2D eigenvalue weighted by Crippen LogP contribution is -2.64. The summed E-state index contributed by atoms with van der Waals surface area (Å²) in [6, 6.07) is 0. The minimum Gasteiger partial charge on any atom is -0.393 e. The minimum atomic E-state index is -0.722. The molecular formula is C11H11NO4. The first kappa shape index (κ1) is 9.57. The van der Waals surface area contributed by atoms with Crippen molar-refractivity contribution >= 4 is 17.8 Å². The van der Waals surface area contributed by atoms with Crippen molar-refractivity contribution in [3.8, 4) is 0 Å². The van der Waals surface area contributed by atoms with E-state index in [-0.39, 0.29) is 5.91 Å². The fraction of sp³-hybridized carbons (Fsp3) is 0.545. The first-order chi connectivity index (χ1) is 7.47. The van der Waals surface area contributed by atoms with E-state index < -0.39 is 35.2 Å². The van der Waals surface area contributed by atoms with Gasteiger partial charge in [0.25, 0.3) is 0 Å². The van der Waals surface area contributed by atoms with E-state index >= 15 is 0 Å². The number of likely N-dealkylation sites (N-methyl/N-ethyl adjacent to an activating group) is 1. The van der Waals surface area contributed by atoms with Gasteiger partial charge in [-0.15, -0.1) is 0 Å². The normalized spacial score (nSPS) is 45.0. The summed E-state index contributed by atoms with van der Waals surface area (Å²) in [6.45, 7) is 1.79. The second-order valence-electron chi connectivity index (χ2n) is 4.75. The molecule has 0 aromatic carbocycles. The molecular weight excluding hydrogens is 210 g/mol. The van der Waals surface area contributed by atoms with E-state index in [1.54, 1.807) is 24.9 Å². The molecule has 0 N–H and O–H groups in total. The number of cyclic esters (lactones) is 2. The summed E-state index contributed by atoms with van der Waals surface area (Å²) in [6.07, 6.45) is 3.56. The van der Waals surface area contributed by atoms with Crippen LogP contribution in [0.3, 0.4) is 0 Å². The molecule has 0 spiro atoms. The summed E-state index contributed by atoms with van der Waals surface area (Å²) >= 11 is 0. The van der Waals surface area contributed by atoms with Crippen molar-refractivity contribution in [3.63, 3.8) is 0 Å². The molecule has 3 heterocycles. The van der Waals surface area contributed by atoms with E-state index in [0.29, 0.717) is 0 Å². The SMILES string of the molecule is CN1C(=O)[C@H]2C=C[C@]1(C)[C@H]1C(=O)OC(=O)[C@H]21. The molecule has 4 aliphatic rings. The minimum absolute atomic E-state index is 0.113. The van der Waals surface area contributed by atoms with Crippen molar-refractivity contribution in [2.75, 3.05) is 7.05 Å². The Morgan fingerprint density at radius 2 is 2.00 bits per heavy atom. The summed E-state index contributed by atoms with van der Waals surface area (Å²) in [5.41, 5.74) is -0.722. The predicted molar refractivity (Wildman–Crippen MR) is 51.9 cm³/mol. The van der Waals surface area contributed by atoms with Crippen LogP contribution in [0, 0.1) is 17.8 Å². The van der Waals surface area contributed by atoms with Crippen molar-refractivity contribution < 1.29 is 19.1 Å². The molecule has 4 atom stereocenters. The first-order valence-corrected chi connectivity index (χ1v) is 5.19. The molecule has 84 valence electrons. The molecule has 0 unspecified atom stereocenters. The molecule has 2 fully saturated rings. The lowest BCUT2D eigenvalue weighted by molar-refractivity contribution is -0.155. The van der Waals surface area contributed by atoms with E-state index in [9.17, 15) is 14.4 Å². The number of ether oxygens (including phenoxy) is 1. The highest BCUT2D eigenvalue weighted by Gasteiger charge is 2.65. The van der Waals surface area contributed by atoms with Crippen LogP contribution in [0.2, 0.25) is 0 Å². The zero-order valence-corrected chi connectivity index (χ0v) is 8.97. The maximum atomic E-state index is 11.9. The van der Waals surface area contributed by atoms with E-state index in [0.717, 1.165) is 0 Å². The average molecular weight is 221 g/mol. The van der Waals surface area contributed by atoms with Gasteiger partial charge in [-0.2, -0.15) is 0 Å². The number of piperidine rings is 1. The molecule has 0 aromatic rings. The van der Waals surface area contributed by atoms with E-state index in [4.69, 9.17) is 0 Å². The van der Waals surface area contributed by atoms with Crippen LogP contribution in [0.1, 0.15) is 6.92 Å². The summed E-state index contributed by atoms with van der Waals surface area (Å²) in [5.74, 6) is -2.87. The predicted octanol–water partition coefficient (Wildman–Crippen LogP) is -0.281. The molecule has 4 rings (SSSR count). The Kier molecular flexibility index (Phi) is 1.51. The number of amides is 1. The summed E-state index contributed by atoms with van der Waals surface area (Å²) < 4.78 is 4.65. The van der Waals surface area contributed by atoms with Crippen LogP contribution in [-0.4, -0.2) is 35.3 Å². The molecule has 3 aliphatic heterocycles. The molecule has 0 radical (unpaired) electrons. The Morgan fingerprint density at radius 3 is 2.69 bits per heavy atom. The summed E-state index contributed by atoms with van der Waals surface area (Å²) in [5, 5.41) is 0. The van der Waals surface area contributed by atoms with Gasteiger partial charge in [-0.25, -0.2) is 0 Å². The lowest BCUT2D eigenvalue weighted by atomic mass is 9.63. The zero-order chi connectivity index (χ0) is 11.7. The van der Waals surface area contributed by atoms with Crippen LogP contribution in [0.15, 0.2) is 12.2 Å². The molecule has 0 saturated carbocycles. The quantitative estimate of drug-likeness (QED) is 0.320. The maximum Gasteiger partial charge on any atom is 0.320 e. The first-order valence-electron chi connectivity index (χ1n) is 5.19. The summed E-state index contributed by atoms with van der Waals surface area (Å²) in [4.78, 5) is 36.7. The number of nitrogens with zero attached hydrogens (tertiary/aromatic N) is 1. The van der Waals surface area contributed by atoms with Crippen molar-refractivity contribution in [2.24, 2.45) is 17.8 Å². The second kappa shape index (κ2) is 2.53. The molecule has 1 aliphatic carbocycles. The fourth-order valence-corrected chi connectivity index (χ4v) is 3.01. The molecule has 2 saturated heterocycles. The van der Waals surface area contributed by atoms with E-state index in [1.165, 1.54) is 0 Å². The van der Waals surface area contributed by atoms with E-state index in [2.05, 4.69) is 4.74 Å². The van der Waals surface area contributed by atoms with Crippen LogP contribution < -0.4 is 0 Å². The number of fused-ring (bicyclic) bond motifs is 1. The summed E-state index contributed by atoms with van der Waals surface area (Å²) in [7, 11) is 1.66. The lowest BCUT2D eigenvalue weighted by Gasteiger charge is -2.51. The number of esters is 2. The van der Waals surface area contributed by atoms with Gasteiger partial charge in [0.1, 0.15) is 0 Å².